The van der Waals surface area contributed by atoms with Gasteiger partial charge in [-0.1, -0.05) is 6.07 Å². The number of nitrogens with one attached hydrogen (secondary N) is 1. The fraction of sp³-hybridized carbons (Fsp3) is 0.682. The van der Waals surface area contributed by atoms with Gasteiger partial charge < -0.3 is 19.9 Å². The summed E-state index contributed by atoms with van der Waals surface area (Å²) in [6.07, 6.45) is 6.52. The summed E-state index contributed by atoms with van der Waals surface area (Å²) in [4.78, 5) is 34.2. The number of amides is 2. The van der Waals surface area contributed by atoms with Gasteiger partial charge in [-0.2, -0.15) is 0 Å². The zero-order chi connectivity index (χ0) is 20.2. The lowest BCUT2D eigenvalue weighted by Gasteiger charge is -2.56. The van der Waals surface area contributed by atoms with Crippen molar-refractivity contribution in [2.75, 3.05) is 39.9 Å². The molecule has 0 aromatic carbocycles. The van der Waals surface area contributed by atoms with Crippen LogP contribution in [0.2, 0.25) is 0 Å². The molecular weight excluding hydrogens is 368 g/mol. The lowest BCUT2D eigenvalue weighted by atomic mass is 9.72. The molecule has 29 heavy (non-hydrogen) atoms. The predicted molar refractivity (Wildman–Crippen MR) is 109 cm³/mol. The Balaban J connectivity index is 1.47. The number of hydrogen-bond acceptors (Lipinski definition) is 5. The Labute approximate surface area is 172 Å². The number of methoxy groups -OCH3 is 1. The number of nitrogens with zero attached hydrogens (tertiary/aromatic N) is 3. The first-order chi connectivity index (χ1) is 14.2. The van der Waals surface area contributed by atoms with Crippen LogP contribution in [-0.4, -0.2) is 78.6 Å². The molecule has 1 N–H and O–H groups in total. The second kappa shape index (κ2) is 9.22. The minimum absolute atomic E-state index is 0.0712. The van der Waals surface area contributed by atoms with Gasteiger partial charge in [0.25, 0.3) is 5.91 Å². The maximum absolute atomic E-state index is 12.8. The Morgan fingerprint density at radius 2 is 2.17 bits per heavy atom. The quantitative estimate of drug-likeness (QED) is 0.703. The molecule has 3 fully saturated rings. The summed E-state index contributed by atoms with van der Waals surface area (Å²) >= 11 is 0. The molecule has 1 aromatic heterocycles. The molecule has 3 saturated heterocycles. The van der Waals surface area contributed by atoms with Crippen LogP contribution in [0.25, 0.3) is 0 Å². The van der Waals surface area contributed by atoms with Gasteiger partial charge >= 0.3 is 0 Å². The molecule has 2 amide bonds. The third kappa shape index (κ3) is 4.46. The highest BCUT2D eigenvalue weighted by Crippen LogP contribution is 2.41. The highest BCUT2D eigenvalue weighted by molar-refractivity contribution is 5.92. The third-order valence-corrected chi connectivity index (χ3v) is 6.76. The first-order valence-corrected chi connectivity index (χ1v) is 10.9. The largest absolute Gasteiger partial charge is 0.385 e. The second-order valence-electron chi connectivity index (χ2n) is 8.61. The summed E-state index contributed by atoms with van der Waals surface area (Å²) in [5.74, 6) is 1.05. The first kappa shape index (κ1) is 20.3. The Morgan fingerprint density at radius 3 is 2.97 bits per heavy atom. The molecule has 7 heteroatoms. The standard InChI is InChI=1S/C22H32N4O3/c1-29-11-5-10-25-14-16-12-17(15-25)20(26-19(16)7-4-8-21(26)27)13-24-22(28)18-6-2-3-9-23-18/h2-3,6,9,16-17,19-20H,4-5,7-8,10-15H2,1H3,(H,24,28)/t16-,17+,19+,20+/m1/s1. The molecule has 7 nitrogen and oxygen atoms in total. The molecule has 3 aliphatic rings. The first-order valence-electron chi connectivity index (χ1n) is 10.9. The van der Waals surface area contributed by atoms with Crippen LogP contribution in [0.15, 0.2) is 24.4 Å². The second-order valence-corrected chi connectivity index (χ2v) is 8.61. The maximum atomic E-state index is 12.8. The topological polar surface area (TPSA) is 74.8 Å². The minimum atomic E-state index is -0.165. The number of rotatable bonds is 7. The van der Waals surface area contributed by atoms with Crippen molar-refractivity contribution in [3.8, 4) is 0 Å². The van der Waals surface area contributed by atoms with Crippen LogP contribution in [0, 0.1) is 11.8 Å². The van der Waals surface area contributed by atoms with Crippen LogP contribution in [0.4, 0.5) is 0 Å². The fourth-order valence-corrected chi connectivity index (χ4v) is 5.53. The lowest BCUT2D eigenvalue weighted by molar-refractivity contribution is -0.152. The number of piperidine rings is 3. The van der Waals surface area contributed by atoms with Crippen molar-refractivity contribution >= 4 is 11.8 Å². The van der Waals surface area contributed by atoms with E-state index in [9.17, 15) is 9.59 Å². The van der Waals surface area contributed by atoms with Crippen molar-refractivity contribution in [2.24, 2.45) is 11.8 Å². The van der Waals surface area contributed by atoms with Crippen molar-refractivity contribution in [3.05, 3.63) is 30.1 Å². The number of likely N-dealkylation sites (tertiary alicyclic amines) is 1. The number of fused-ring (bicyclic) bond motifs is 4. The molecule has 0 spiro atoms. The third-order valence-electron chi connectivity index (χ3n) is 6.76. The smallest absolute Gasteiger partial charge is 0.269 e. The highest BCUT2D eigenvalue weighted by atomic mass is 16.5. The van der Waals surface area contributed by atoms with Gasteiger partial charge in [-0.25, -0.2) is 0 Å². The highest BCUT2D eigenvalue weighted by Gasteiger charge is 2.49. The predicted octanol–water partition coefficient (Wildman–Crippen LogP) is 1.55. The fourth-order valence-electron chi connectivity index (χ4n) is 5.53. The monoisotopic (exact) mass is 400 g/mol. The van der Waals surface area contributed by atoms with E-state index < -0.39 is 0 Å². The van der Waals surface area contributed by atoms with Crippen LogP contribution in [-0.2, 0) is 9.53 Å². The van der Waals surface area contributed by atoms with Gasteiger partial charge in [0.05, 0.1) is 6.04 Å². The molecule has 3 aliphatic heterocycles. The van der Waals surface area contributed by atoms with E-state index in [1.165, 1.54) is 0 Å². The summed E-state index contributed by atoms with van der Waals surface area (Å²) in [5, 5.41) is 3.06. The van der Waals surface area contributed by atoms with Crippen LogP contribution in [0.1, 0.15) is 42.6 Å². The summed E-state index contributed by atoms with van der Waals surface area (Å²) in [5.41, 5.74) is 0.424. The SMILES string of the molecule is COCCCN1C[C@H]2C[C@@H](C1)[C@H](CNC(=O)c1ccccn1)N1C(=O)CCC[C@@H]21. The van der Waals surface area contributed by atoms with Crippen LogP contribution in [0.5, 0.6) is 0 Å². The van der Waals surface area contributed by atoms with E-state index >= 15 is 0 Å². The van der Waals surface area contributed by atoms with E-state index in [0.717, 1.165) is 51.9 Å². The Kier molecular flexibility index (Phi) is 6.45. The van der Waals surface area contributed by atoms with E-state index in [2.05, 4.69) is 20.1 Å². The number of hydrogen-bond donors (Lipinski definition) is 1. The van der Waals surface area contributed by atoms with Gasteiger partial charge in [-0.15, -0.1) is 0 Å². The van der Waals surface area contributed by atoms with Crippen molar-refractivity contribution < 1.29 is 14.3 Å². The number of pyridine rings is 1. The molecule has 1 aromatic rings. The molecular formula is C22H32N4O3. The average Bonchev–Trinajstić information content (AvgIpc) is 2.75. The van der Waals surface area contributed by atoms with Gasteiger partial charge in [0, 0.05) is 58.6 Å². The molecule has 4 rings (SSSR count). The number of carbonyl (C=O) groups is 2. The molecule has 4 heterocycles. The van der Waals surface area contributed by atoms with Gasteiger partial charge in [0.1, 0.15) is 5.69 Å². The Morgan fingerprint density at radius 1 is 1.31 bits per heavy atom. The van der Waals surface area contributed by atoms with E-state index in [-0.39, 0.29) is 17.9 Å². The molecule has 0 unspecified atom stereocenters. The van der Waals surface area contributed by atoms with Crippen molar-refractivity contribution in [1.82, 2.24) is 20.1 Å². The van der Waals surface area contributed by atoms with E-state index in [1.807, 2.05) is 6.07 Å². The normalized spacial score (nSPS) is 29.4. The maximum Gasteiger partial charge on any atom is 0.269 e. The van der Waals surface area contributed by atoms with E-state index in [4.69, 9.17) is 4.74 Å². The molecule has 0 radical (unpaired) electrons. The zero-order valence-electron chi connectivity index (χ0n) is 17.3. The van der Waals surface area contributed by atoms with Crippen molar-refractivity contribution in [1.29, 1.82) is 0 Å². The van der Waals surface area contributed by atoms with Gasteiger partial charge in [0.2, 0.25) is 5.91 Å². The Hall–Kier alpha value is -1.99. The van der Waals surface area contributed by atoms with E-state index in [0.29, 0.717) is 36.5 Å². The summed E-state index contributed by atoms with van der Waals surface area (Å²) in [6, 6.07) is 5.72. The van der Waals surface area contributed by atoms with Crippen molar-refractivity contribution in [2.45, 2.75) is 44.2 Å². The lowest BCUT2D eigenvalue weighted by Crippen LogP contribution is -2.67. The summed E-state index contributed by atoms with van der Waals surface area (Å²) < 4.78 is 5.22. The number of aromatic nitrogens is 1. The zero-order valence-corrected chi connectivity index (χ0v) is 17.3. The molecule has 0 saturated carbocycles. The molecule has 2 bridgehead atoms. The van der Waals surface area contributed by atoms with Crippen LogP contribution >= 0.6 is 0 Å². The van der Waals surface area contributed by atoms with Crippen LogP contribution in [0.3, 0.4) is 0 Å². The molecule has 4 atom stereocenters. The van der Waals surface area contributed by atoms with Crippen molar-refractivity contribution in [3.63, 3.8) is 0 Å². The summed E-state index contributed by atoms with van der Waals surface area (Å²) in [6.45, 7) is 4.38. The van der Waals surface area contributed by atoms with Gasteiger partial charge in [0.15, 0.2) is 0 Å². The minimum Gasteiger partial charge on any atom is -0.385 e. The molecule has 158 valence electrons. The molecule has 0 aliphatic carbocycles. The summed E-state index contributed by atoms with van der Waals surface area (Å²) in [7, 11) is 1.75. The number of carbonyl (C=O) groups excluding carboxylic acids is 2. The van der Waals surface area contributed by atoms with Gasteiger partial charge in [-0.05, 0) is 49.7 Å². The Bertz CT molecular complexity index is 713. The van der Waals surface area contributed by atoms with Crippen LogP contribution < -0.4 is 5.32 Å². The van der Waals surface area contributed by atoms with E-state index in [1.54, 1.807) is 25.4 Å². The van der Waals surface area contributed by atoms with Gasteiger partial charge in [-0.3, -0.25) is 14.6 Å². The average molecular weight is 401 g/mol. The number of ether oxygens (including phenoxy) is 1.